The van der Waals surface area contributed by atoms with Gasteiger partial charge in [0.15, 0.2) is 17.1 Å². The molecule has 0 aliphatic heterocycles. The number of nitrogens with one attached hydrogen (secondary N) is 3. The van der Waals surface area contributed by atoms with Crippen molar-refractivity contribution >= 4 is 33.8 Å². The van der Waals surface area contributed by atoms with E-state index in [9.17, 15) is 9.18 Å². The molecule has 0 bridgehead atoms. The third-order valence-electron chi connectivity index (χ3n) is 6.30. The topological polar surface area (TPSA) is 125 Å². The maximum absolute atomic E-state index is 14.5. The van der Waals surface area contributed by atoms with Crippen LogP contribution in [0.1, 0.15) is 26.2 Å². The zero-order valence-corrected chi connectivity index (χ0v) is 20.5. The molecule has 0 aliphatic rings. The van der Waals surface area contributed by atoms with E-state index in [1.54, 1.807) is 49.1 Å². The van der Waals surface area contributed by atoms with Gasteiger partial charge in [0.2, 0.25) is 5.91 Å². The van der Waals surface area contributed by atoms with E-state index < -0.39 is 0 Å². The number of benzene rings is 1. The van der Waals surface area contributed by atoms with E-state index in [2.05, 4.69) is 35.5 Å². The van der Waals surface area contributed by atoms with Gasteiger partial charge in [-0.25, -0.2) is 19.3 Å². The smallest absolute Gasteiger partial charge is 0.224 e. The van der Waals surface area contributed by atoms with Crippen LogP contribution in [0.15, 0.2) is 67.3 Å². The Morgan fingerprint density at radius 2 is 1.87 bits per heavy atom. The summed E-state index contributed by atoms with van der Waals surface area (Å²) in [5.74, 6) is 0.113. The van der Waals surface area contributed by atoms with Gasteiger partial charge in [0.25, 0.3) is 0 Å². The zero-order valence-electron chi connectivity index (χ0n) is 20.5. The van der Waals surface area contributed by atoms with Crippen molar-refractivity contribution in [2.75, 3.05) is 5.32 Å². The lowest BCUT2D eigenvalue weighted by Crippen LogP contribution is -2.11. The van der Waals surface area contributed by atoms with Crippen LogP contribution in [-0.4, -0.2) is 41.0 Å². The number of carbonyl (C=O) groups is 1. The summed E-state index contributed by atoms with van der Waals surface area (Å²) in [5.41, 5.74) is 5.53. The monoisotopic (exact) mass is 506 g/mol. The Bertz CT molecular complexity index is 1790. The predicted molar refractivity (Wildman–Crippen MR) is 144 cm³/mol. The summed E-state index contributed by atoms with van der Waals surface area (Å²) in [5, 5.41) is 11.0. The van der Waals surface area contributed by atoms with Crippen LogP contribution in [0.5, 0.6) is 0 Å². The van der Waals surface area contributed by atoms with Gasteiger partial charge in [-0.15, -0.1) is 0 Å². The molecule has 5 heterocycles. The van der Waals surface area contributed by atoms with Gasteiger partial charge in [-0.1, -0.05) is 31.5 Å². The number of nitrogens with zero attached hydrogens (tertiary/aromatic N) is 5. The molecule has 0 saturated carbocycles. The number of fused-ring (bicyclic) bond motifs is 2. The van der Waals surface area contributed by atoms with E-state index in [0.29, 0.717) is 51.6 Å². The second-order valence-electron chi connectivity index (χ2n) is 8.93. The van der Waals surface area contributed by atoms with Gasteiger partial charge in [0.1, 0.15) is 17.0 Å². The highest BCUT2D eigenvalue weighted by molar-refractivity contribution is 5.96. The lowest BCUT2D eigenvalue weighted by molar-refractivity contribution is -0.116. The fourth-order valence-corrected chi connectivity index (χ4v) is 4.39. The molecule has 0 unspecified atom stereocenters. The first kappa shape index (κ1) is 23.4. The summed E-state index contributed by atoms with van der Waals surface area (Å²) in [4.78, 5) is 33.3. The van der Waals surface area contributed by atoms with Gasteiger partial charge in [-0.2, -0.15) is 5.10 Å². The van der Waals surface area contributed by atoms with Crippen molar-refractivity contribution in [3.63, 3.8) is 0 Å². The Morgan fingerprint density at radius 3 is 2.74 bits per heavy atom. The maximum Gasteiger partial charge on any atom is 0.224 e. The fraction of sp³-hybridized carbons (Fsp3) is 0.143. The summed E-state index contributed by atoms with van der Waals surface area (Å²) < 4.78 is 14.5. The van der Waals surface area contributed by atoms with E-state index in [-0.39, 0.29) is 11.7 Å². The van der Waals surface area contributed by atoms with Crippen molar-refractivity contribution in [3.8, 4) is 33.8 Å². The number of halogens is 1. The molecule has 0 fully saturated rings. The van der Waals surface area contributed by atoms with Crippen LogP contribution in [0.3, 0.4) is 0 Å². The molecule has 9 nitrogen and oxygen atoms in total. The molecule has 0 aliphatic carbocycles. The van der Waals surface area contributed by atoms with Gasteiger partial charge in [-0.3, -0.25) is 14.9 Å². The van der Waals surface area contributed by atoms with Crippen molar-refractivity contribution in [2.24, 2.45) is 0 Å². The number of pyridine rings is 3. The average molecular weight is 507 g/mol. The molecule has 10 heteroatoms. The Hall–Kier alpha value is -4.99. The van der Waals surface area contributed by atoms with Gasteiger partial charge >= 0.3 is 0 Å². The first-order valence-electron chi connectivity index (χ1n) is 12.3. The molecule has 6 rings (SSSR count). The molecule has 38 heavy (non-hydrogen) atoms. The molecule has 0 spiro atoms. The van der Waals surface area contributed by atoms with E-state index in [1.807, 2.05) is 19.1 Å². The Balaban J connectivity index is 1.38. The molecule has 1 aromatic carbocycles. The number of hydrogen-bond donors (Lipinski definition) is 3. The first-order chi connectivity index (χ1) is 18.6. The standard InChI is InChI=1S/C28H23FN8O/c1-2-3-8-23(38)33-18-11-16(13-30-15-18)17-12-21-25(36-37-26(21)32-14-17)28-34-24-20(9-10-31-27(24)35-28)19-6-4-5-7-22(19)29/h4-7,9-15H,2-3,8H2,1H3,(H,33,38)(H,31,34,35)(H,32,36,37). The van der Waals surface area contributed by atoms with Crippen molar-refractivity contribution in [3.05, 3.63) is 73.1 Å². The third-order valence-corrected chi connectivity index (χ3v) is 6.30. The van der Waals surface area contributed by atoms with E-state index in [1.165, 1.54) is 6.07 Å². The van der Waals surface area contributed by atoms with Crippen molar-refractivity contribution in [1.29, 1.82) is 0 Å². The molecule has 5 aromatic heterocycles. The number of amides is 1. The minimum atomic E-state index is -0.332. The Morgan fingerprint density at radius 1 is 1.00 bits per heavy atom. The predicted octanol–water partition coefficient (Wildman–Crippen LogP) is 5.89. The van der Waals surface area contributed by atoms with Gasteiger partial charge in [0, 0.05) is 47.3 Å². The fourth-order valence-electron chi connectivity index (χ4n) is 4.39. The van der Waals surface area contributed by atoms with Gasteiger partial charge in [-0.05, 0) is 30.7 Å². The van der Waals surface area contributed by atoms with Crippen LogP contribution in [0, 0.1) is 5.82 Å². The summed E-state index contributed by atoms with van der Waals surface area (Å²) in [6.07, 6.45) is 8.94. The lowest BCUT2D eigenvalue weighted by Gasteiger charge is -2.07. The van der Waals surface area contributed by atoms with Crippen molar-refractivity contribution in [2.45, 2.75) is 26.2 Å². The summed E-state index contributed by atoms with van der Waals surface area (Å²) in [6.45, 7) is 2.05. The number of carbonyl (C=O) groups excluding carboxylic acids is 1. The number of aromatic amines is 2. The summed E-state index contributed by atoms with van der Waals surface area (Å²) in [7, 11) is 0. The number of aromatic nitrogens is 7. The van der Waals surface area contributed by atoms with E-state index >= 15 is 0 Å². The number of rotatable bonds is 7. The van der Waals surface area contributed by atoms with Crippen LogP contribution in [0.4, 0.5) is 10.1 Å². The molecular weight excluding hydrogens is 483 g/mol. The number of H-pyrrole nitrogens is 2. The van der Waals surface area contributed by atoms with Gasteiger partial charge in [0.05, 0.1) is 17.3 Å². The second kappa shape index (κ2) is 9.81. The highest BCUT2D eigenvalue weighted by Crippen LogP contribution is 2.32. The first-order valence-corrected chi connectivity index (χ1v) is 12.3. The maximum atomic E-state index is 14.5. The highest BCUT2D eigenvalue weighted by Gasteiger charge is 2.18. The van der Waals surface area contributed by atoms with Gasteiger partial charge < -0.3 is 10.3 Å². The third kappa shape index (κ3) is 4.36. The lowest BCUT2D eigenvalue weighted by atomic mass is 10.1. The molecule has 6 aromatic rings. The van der Waals surface area contributed by atoms with E-state index in [0.717, 1.165) is 29.4 Å². The number of unbranched alkanes of at least 4 members (excludes halogenated alkanes) is 1. The highest BCUT2D eigenvalue weighted by atomic mass is 19.1. The normalized spacial score (nSPS) is 11.3. The number of imidazole rings is 1. The molecule has 0 atom stereocenters. The SMILES string of the molecule is CCCCC(=O)Nc1cncc(-c2cnc3[nH]nc(-c4nc5c(-c6ccccc6F)ccnc5[nH]4)c3c2)c1. The Labute approximate surface area is 216 Å². The minimum absolute atomic E-state index is 0.0373. The quantitative estimate of drug-likeness (QED) is 0.248. The minimum Gasteiger partial charge on any atom is -0.325 e. The second-order valence-corrected chi connectivity index (χ2v) is 8.93. The molecular formula is C28H23FN8O. The molecule has 0 radical (unpaired) electrons. The summed E-state index contributed by atoms with van der Waals surface area (Å²) in [6, 6.07) is 12.1. The summed E-state index contributed by atoms with van der Waals surface area (Å²) >= 11 is 0. The Kier molecular flexibility index (Phi) is 6.04. The van der Waals surface area contributed by atoms with Crippen LogP contribution < -0.4 is 5.32 Å². The van der Waals surface area contributed by atoms with Crippen molar-refractivity contribution in [1.82, 2.24) is 35.1 Å². The van der Waals surface area contributed by atoms with Crippen LogP contribution in [0.2, 0.25) is 0 Å². The molecule has 188 valence electrons. The van der Waals surface area contributed by atoms with Crippen molar-refractivity contribution < 1.29 is 9.18 Å². The zero-order chi connectivity index (χ0) is 26.1. The molecule has 0 saturated heterocycles. The number of anilines is 1. The van der Waals surface area contributed by atoms with E-state index in [4.69, 9.17) is 4.98 Å². The molecule has 3 N–H and O–H groups in total. The average Bonchev–Trinajstić information content (AvgIpc) is 3.56. The largest absolute Gasteiger partial charge is 0.325 e. The molecule has 1 amide bonds. The van der Waals surface area contributed by atoms with Crippen LogP contribution >= 0.6 is 0 Å². The number of hydrogen-bond acceptors (Lipinski definition) is 6. The van der Waals surface area contributed by atoms with Crippen LogP contribution in [-0.2, 0) is 4.79 Å². The van der Waals surface area contributed by atoms with Crippen LogP contribution in [0.25, 0.3) is 56.0 Å².